The van der Waals surface area contributed by atoms with Crippen LogP contribution < -0.4 is 5.32 Å². The van der Waals surface area contributed by atoms with E-state index in [0.717, 1.165) is 33.9 Å². The Labute approximate surface area is 486 Å². The van der Waals surface area contributed by atoms with E-state index in [0.29, 0.717) is 0 Å². The number of hydrogen-bond donors (Lipinski definition) is 4. The lowest BCUT2D eigenvalue weighted by atomic mass is 9.83. The molecule has 4 aliphatic heterocycles. The predicted molar refractivity (Wildman–Crippen MR) is 304 cm³/mol. The van der Waals surface area contributed by atoms with Gasteiger partial charge in [0.15, 0.2) is 18.9 Å². The summed E-state index contributed by atoms with van der Waals surface area (Å²) in [4.78, 5) is 26.1. The first kappa shape index (κ1) is 62.2. The van der Waals surface area contributed by atoms with Crippen LogP contribution in [-0.4, -0.2) is 160 Å². The van der Waals surface area contributed by atoms with Crippen molar-refractivity contribution in [3.05, 3.63) is 179 Å². The van der Waals surface area contributed by atoms with Gasteiger partial charge in [-0.3, -0.25) is 4.79 Å². The van der Waals surface area contributed by atoms with Crippen molar-refractivity contribution < 1.29 is 86.5 Å². The molecule has 4 aliphatic rings. The molecule has 5 aromatic carbocycles. The molecule has 4 heterocycles. The number of rotatable bonds is 27. The van der Waals surface area contributed by atoms with E-state index in [1.54, 1.807) is 0 Å². The Balaban J connectivity index is 1.12. The van der Waals surface area contributed by atoms with Crippen molar-refractivity contribution in [3.63, 3.8) is 0 Å². The highest BCUT2D eigenvalue weighted by Gasteiger charge is 2.62. The van der Waals surface area contributed by atoms with Gasteiger partial charge in [-0.1, -0.05) is 171 Å². The highest BCUT2D eigenvalue weighted by molar-refractivity contribution is 6.76. The van der Waals surface area contributed by atoms with Crippen molar-refractivity contribution in [3.8, 4) is 0 Å². The first-order valence-electron chi connectivity index (χ1n) is 28.4. The molecule has 4 N–H and O–H groups in total. The molecule has 0 bridgehead atoms. The quantitative estimate of drug-likeness (QED) is 0.0392. The van der Waals surface area contributed by atoms with Gasteiger partial charge in [-0.05, 0) is 40.8 Å². The van der Waals surface area contributed by atoms with Crippen LogP contribution in [0.3, 0.4) is 0 Å². The average molecular weight is 1170 g/mol. The van der Waals surface area contributed by atoms with Crippen LogP contribution >= 0.6 is 0 Å². The summed E-state index contributed by atoms with van der Waals surface area (Å²) in [5, 5.41) is 38.0. The average Bonchev–Trinajstić information content (AvgIpc) is 2.50. The van der Waals surface area contributed by atoms with Crippen LogP contribution in [0.5, 0.6) is 0 Å². The fourth-order valence-electron chi connectivity index (χ4n) is 10.6. The Morgan fingerprint density at radius 3 is 1.57 bits per heavy atom. The maximum atomic E-state index is 13.7. The largest absolute Gasteiger partial charge is 0.477 e. The van der Waals surface area contributed by atoms with Crippen molar-refractivity contribution in [1.29, 1.82) is 0 Å². The lowest BCUT2D eigenvalue weighted by Crippen LogP contribution is -2.74. The Hall–Kier alpha value is -5.34. The predicted octanol–water partition coefficient (Wildman–Crippen LogP) is 6.92. The third kappa shape index (κ3) is 17.0. The molecule has 16 atom stereocenters. The Morgan fingerprint density at radius 1 is 0.578 bits per heavy atom. The summed E-state index contributed by atoms with van der Waals surface area (Å²) in [6.07, 6.45) is -18.1. The van der Waals surface area contributed by atoms with Crippen molar-refractivity contribution in [2.75, 3.05) is 26.4 Å². The highest BCUT2D eigenvalue weighted by atomic mass is 28.3. The van der Waals surface area contributed by atoms with Gasteiger partial charge in [-0.25, -0.2) is 4.79 Å². The fraction of sp³-hybridized carbons (Fsp3) is 0.492. The lowest BCUT2D eigenvalue weighted by Gasteiger charge is -2.54. The van der Waals surface area contributed by atoms with Crippen molar-refractivity contribution in [2.24, 2.45) is 0 Å². The number of carboxylic acid groups (broad SMARTS) is 1. The second kappa shape index (κ2) is 29.6. The first-order chi connectivity index (χ1) is 40.1. The summed E-state index contributed by atoms with van der Waals surface area (Å²) in [6.45, 7) is 9.90. The van der Waals surface area contributed by atoms with Crippen LogP contribution in [0.15, 0.2) is 152 Å². The number of benzene rings is 5. The van der Waals surface area contributed by atoms with Gasteiger partial charge in [0, 0.05) is 21.6 Å². The van der Waals surface area contributed by atoms with Crippen LogP contribution in [0, 0.1) is 0 Å². The number of carboxylic acids is 1. The van der Waals surface area contributed by atoms with Crippen LogP contribution in [-0.2, 0) is 104 Å². The summed E-state index contributed by atoms with van der Waals surface area (Å²) in [6, 6.07) is 47.7. The molecule has 0 radical (unpaired) electrons. The number of aliphatic carboxylic acids is 1. The standard InChI is InChI=1S/C63H79NO18Si/c1-41-52(73-35-45-25-15-8-16-26-45)55(74-36-46-27-17-9-18-28-46)56(75-37-47-29-19-10-20-30-47)61(77-41)81-54-50(64-42(2)65)59(72-31-32-83(3,4)5)78-48(38-70-33-43-21-11-6-12-22-43)53(54)80-60-51(66)57-63(69,40-76-62(82-57)58(67)68)49(79-60)39-71-34-44-23-13-7-14-24-44/h6-30,41,48-57,59-62,66,69H,31-40H2,1-5H3,(H,64,65)(H,67,68)/t41-,48+,49+,50?,51+,52+,53+,54+,55+,56-,57+,59+,60-,61-,62-,63-/m0/s1. The maximum Gasteiger partial charge on any atom is 0.361 e. The van der Waals surface area contributed by atoms with Crippen LogP contribution in [0.4, 0.5) is 0 Å². The fourth-order valence-corrected chi connectivity index (χ4v) is 11.3. The second-order valence-corrected chi connectivity index (χ2v) is 28.3. The van der Waals surface area contributed by atoms with Gasteiger partial charge in [0.1, 0.15) is 66.6 Å². The van der Waals surface area contributed by atoms with E-state index >= 15 is 0 Å². The van der Waals surface area contributed by atoms with E-state index in [9.17, 15) is 24.9 Å². The minimum Gasteiger partial charge on any atom is -0.477 e. The van der Waals surface area contributed by atoms with Gasteiger partial charge in [0.2, 0.25) is 5.91 Å². The molecule has 83 heavy (non-hydrogen) atoms. The normalized spacial score (nSPS) is 31.0. The van der Waals surface area contributed by atoms with Crippen LogP contribution in [0.2, 0.25) is 25.7 Å². The molecular formula is C63H79NO18Si. The van der Waals surface area contributed by atoms with Gasteiger partial charge in [-0.15, -0.1) is 0 Å². The van der Waals surface area contributed by atoms with Crippen LogP contribution in [0.25, 0.3) is 0 Å². The number of fused-ring (bicyclic) bond motifs is 1. The molecule has 4 saturated heterocycles. The zero-order valence-corrected chi connectivity index (χ0v) is 48.6. The van der Waals surface area contributed by atoms with Gasteiger partial charge in [-0.2, -0.15) is 0 Å². The van der Waals surface area contributed by atoms with Crippen LogP contribution in [0.1, 0.15) is 41.7 Å². The maximum absolute atomic E-state index is 13.7. The zero-order valence-electron chi connectivity index (χ0n) is 47.6. The van der Waals surface area contributed by atoms with Gasteiger partial charge in [0.05, 0.1) is 59.0 Å². The summed E-state index contributed by atoms with van der Waals surface area (Å²) < 4.78 is 86.4. The van der Waals surface area contributed by atoms with E-state index in [4.69, 9.17) is 61.6 Å². The van der Waals surface area contributed by atoms with E-state index in [-0.39, 0.29) is 52.9 Å². The monoisotopic (exact) mass is 1170 g/mol. The number of carbonyl (C=O) groups is 2. The summed E-state index contributed by atoms with van der Waals surface area (Å²) in [5.74, 6) is -1.94. The number of hydrogen-bond acceptors (Lipinski definition) is 17. The van der Waals surface area contributed by atoms with Gasteiger partial charge >= 0.3 is 5.97 Å². The smallest absolute Gasteiger partial charge is 0.361 e. The number of nitrogens with one attached hydrogen (secondary N) is 1. The summed E-state index contributed by atoms with van der Waals surface area (Å²) >= 11 is 0. The molecule has 448 valence electrons. The zero-order chi connectivity index (χ0) is 58.3. The van der Waals surface area contributed by atoms with Crippen molar-refractivity contribution in [1.82, 2.24) is 5.32 Å². The number of ether oxygens (including phenoxy) is 13. The molecule has 0 aliphatic carbocycles. The third-order valence-corrected chi connectivity index (χ3v) is 16.7. The molecule has 20 heteroatoms. The minimum atomic E-state index is -2.14. The molecule has 19 nitrogen and oxygen atoms in total. The summed E-state index contributed by atoms with van der Waals surface area (Å²) in [7, 11) is -1.72. The molecule has 9 rings (SSSR count). The molecule has 1 unspecified atom stereocenters. The van der Waals surface area contributed by atoms with Gasteiger partial charge < -0.3 is 82.2 Å². The molecule has 0 aromatic heterocycles. The molecule has 1 amide bonds. The number of carbonyl (C=O) groups excluding carboxylic acids is 1. The van der Waals surface area contributed by atoms with Crippen molar-refractivity contribution >= 4 is 20.0 Å². The number of aliphatic hydroxyl groups is 2. The Morgan fingerprint density at radius 2 is 1.06 bits per heavy atom. The van der Waals surface area contributed by atoms with E-state index in [2.05, 4.69) is 25.0 Å². The number of amides is 1. The molecule has 4 fully saturated rings. The topological polar surface area (TPSA) is 227 Å². The Bertz CT molecular complexity index is 2730. The first-order valence-corrected chi connectivity index (χ1v) is 32.1. The summed E-state index contributed by atoms with van der Waals surface area (Å²) in [5.41, 5.74) is 2.25. The minimum absolute atomic E-state index is 0.0993. The molecule has 0 saturated carbocycles. The highest BCUT2D eigenvalue weighted by Crippen LogP contribution is 2.41. The number of aliphatic hydroxyl groups excluding tert-OH is 1. The molecule has 0 spiro atoms. The van der Waals surface area contributed by atoms with E-state index < -0.39 is 124 Å². The third-order valence-electron chi connectivity index (χ3n) is 15.0. The second-order valence-electron chi connectivity index (χ2n) is 22.7. The van der Waals surface area contributed by atoms with Crippen molar-refractivity contribution in [2.45, 2.75) is 170 Å². The van der Waals surface area contributed by atoms with E-state index in [1.807, 2.05) is 159 Å². The molecule has 5 aromatic rings. The van der Waals surface area contributed by atoms with Gasteiger partial charge in [0.25, 0.3) is 6.29 Å². The molecular weight excluding hydrogens is 1090 g/mol. The Kier molecular flexibility index (Phi) is 22.2. The van der Waals surface area contributed by atoms with E-state index in [1.165, 1.54) is 6.92 Å². The SMILES string of the molecule is CC(=O)NC1[C@H](OCC[Si](C)(C)C)O[C@H](COCc2ccccc2)[C@@H](O[C@@H]2O[C@H](COCc3ccccc3)[C@@]3(O)CO[C@H](C(=O)O)O[C@@H]3[C@H]2O)[C@@H]1O[C@@H]1O[C@@H](C)[C@@H](OCc2ccccc2)[C@@H](OCc2ccccc2)[C@@H]1OCc1ccccc1. The lowest BCUT2D eigenvalue weighted by molar-refractivity contribution is -0.410.